The van der Waals surface area contributed by atoms with Gasteiger partial charge in [-0.1, -0.05) is 18.2 Å². The second kappa shape index (κ2) is 10.00. The molecule has 0 aliphatic rings. The van der Waals surface area contributed by atoms with Gasteiger partial charge in [0.15, 0.2) is 17.0 Å². The lowest BCUT2D eigenvalue weighted by Gasteiger charge is -2.11. The summed E-state index contributed by atoms with van der Waals surface area (Å²) in [5.74, 6) is 0.120. The molecule has 0 bridgehead atoms. The summed E-state index contributed by atoms with van der Waals surface area (Å²) in [6, 6.07) is 5.19. The molecule has 0 saturated carbocycles. The Kier molecular flexibility index (Phi) is 7.03. The zero-order valence-corrected chi connectivity index (χ0v) is 19.2. The van der Waals surface area contributed by atoms with Crippen LogP contribution in [0.15, 0.2) is 33.9 Å². The fourth-order valence-corrected chi connectivity index (χ4v) is 3.83. The second-order valence-electron chi connectivity index (χ2n) is 7.60. The van der Waals surface area contributed by atoms with Crippen LogP contribution in [0, 0.1) is 0 Å². The summed E-state index contributed by atoms with van der Waals surface area (Å²) in [6.45, 7) is 0.603. The van der Waals surface area contributed by atoms with Crippen molar-refractivity contribution in [3.63, 3.8) is 0 Å². The lowest BCUT2D eigenvalue weighted by Crippen LogP contribution is -2.41. The van der Waals surface area contributed by atoms with Crippen molar-refractivity contribution >= 4 is 22.8 Å². The van der Waals surface area contributed by atoms with Gasteiger partial charge < -0.3 is 9.72 Å². The summed E-state index contributed by atoms with van der Waals surface area (Å²) in [5.41, 5.74) is -1.63. The van der Waals surface area contributed by atoms with Gasteiger partial charge >= 0.3 is 11.9 Å². The molecule has 0 aliphatic heterocycles. The largest absolute Gasteiger partial charge is 0.416 e. The first-order chi connectivity index (χ1) is 16.7. The highest BCUT2D eigenvalue weighted by atomic mass is 35.5. The average molecular weight is 513 g/mol. The van der Waals surface area contributed by atoms with Gasteiger partial charge in [-0.3, -0.25) is 13.9 Å². The number of hydrogen-bond donors (Lipinski definition) is 1. The number of benzene rings is 1. The monoisotopic (exact) mass is 512 g/mol. The minimum absolute atomic E-state index is 0.0214. The Balaban J connectivity index is 1.49. The van der Waals surface area contributed by atoms with Gasteiger partial charge in [0, 0.05) is 20.1 Å². The van der Waals surface area contributed by atoms with Crippen LogP contribution in [-0.2, 0) is 37.0 Å². The van der Waals surface area contributed by atoms with E-state index >= 15 is 0 Å². The number of methoxy groups -OCH3 is 1. The molecule has 0 aliphatic carbocycles. The predicted molar refractivity (Wildman–Crippen MR) is 118 cm³/mol. The maximum Gasteiger partial charge on any atom is 0.416 e. The van der Waals surface area contributed by atoms with E-state index in [2.05, 4.69) is 25.4 Å². The number of imidazole rings is 1. The maximum absolute atomic E-state index is 13.2. The van der Waals surface area contributed by atoms with Crippen molar-refractivity contribution in [1.29, 1.82) is 0 Å². The molecule has 1 aromatic carbocycles. The minimum atomic E-state index is -4.49. The third-order valence-corrected chi connectivity index (χ3v) is 5.44. The fraction of sp³-hybridized carbons (Fsp3) is 0.400. The van der Waals surface area contributed by atoms with Gasteiger partial charge in [0.1, 0.15) is 0 Å². The number of halogens is 4. The molecular formula is C20H20ClF3N8O3. The Morgan fingerprint density at radius 3 is 2.63 bits per heavy atom. The number of tetrazole rings is 1. The van der Waals surface area contributed by atoms with Crippen molar-refractivity contribution in [2.75, 3.05) is 13.7 Å². The molecule has 4 aromatic rings. The van der Waals surface area contributed by atoms with E-state index in [1.54, 1.807) is 0 Å². The molecule has 0 atom stereocenters. The summed E-state index contributed by atoms with van der Waals surface area (Å²) >= 11 is 5.89. The number of aryl methyl sites for hydroxylation is 1. The van der Waals surface area contributed by atoms with Crippen LogP contribution in [0.2, 0.25) is 5.28 Å². The van der Waals surface area contributed by atoms with Gasteiger partial charge in [0.2, 0.25) is 5.28 Å². The number of fused-ring (bicyclic) bond motifs is 1. The van der Waals surface area contributed by atoms with Crippen LogP contribution in [-0.4, -0.2) is 53.0 Å². The maximum atomic E-state index is 13.2. The molecule has 4 rings (SSSR count). The van der Waals surface area contributed by atoms with Gasteiger partial charge in [-0.25, -0.2) is 4.79 Å². The normalized spacial score (nSPS) is 12.0. The quantitative estimate of drug-likeness (QED) is 0.339. The molecule has 35 heavy (non-hydrogen) atoms. The number of ether oxygens (including phenoxy) is 1. The van der Waals surface area contributed by atoms with Crippen molar-refractivity contribution in [1.82, 2.24) is 39.3 Å². The van der Waals surface area contributed by atoms with E-state index in [0.29, 0.717) is 0 Å². The Morgan fingerprint density at radius 1 is 1.11 bits per heavy atom. The van der Waals surface area contributed by atoms with Crippen LogP contribution in [0.3, 0.4) is 0 Å². The molecule has 15 heteroatoms. The first kappa shape index (κ1) is 24.6. The van der Waals surface area contributed by atoms with E-state index in [0.717, 1.165) is 10.6 Å². The molecule has 0 spiro atoms. The third-order valence-electron chi connectivity index (χ3n) is 5.26. The Bertz CT molecular complexity index is 1460. The molecule has 11 nitrogen and oxygen atoms in total. The summed E-state index contributed by atoms with van der Waals surface area (Å²) in [6.07, 6.45) is -4.35. The van der Waals surface area contributed by atoms with E-state index in [9.17, 15) is 22.8 Å². The number of nitrogens with zero attached hydrogens (tertiary/aromatic N) is 7. The zero-order valence-electron chi connectivity index (χ0n) is 18.4. The molecule has 0 amide bonds. The van der Waals surface area contributed by atoms with E-state index in [-0.39, 0.29) is 66.9 Å². The number of aromatic amines is 1. The lowest BCUT2D eigenvalue weighted by atomic mass is 10.0. The number of rotatable bonds is 9. The first-order valence-electron chi connectivity index (χ1n) is 10.5. The smallest absolute Gasteiger partial charge is 0.383 e. The van der Waals surface area contributed by atoms with E-state index in [1.165, 1.54) is 34.7 Å². The van der Waals surface area contributed by atoms with Crippen LogP contribution in [0.4, 0.5) is 13.2 Å². The average Bonchev–Trinajstić information content (AvgIpc) is 3.42. The summed E-state index contributed by atoms with van der Waals surface area (Å²) in [5, 5.41) is 11.8. The molecule has 0 unspecified atom stereocenters. The van der Waals surface area contributed by atoms with Gasteiger partial charge in [-0.2, -0.15) is 23.0 Å². The Morgan fingerprint density at radius 2 is 1.89 bits per heavy atom. The zero-order chi connectivity index (χ0) is 25.2. The molecule has 0 radical (unpaired) electrons. The fourth-order valence-electron chi connectivity index (χ4n) is 3.65. The van der Waals surface area contributed by atoms with Gasteiger partial charge in [-0.15, -0.1) is 10.2 Å². The second-order valence-corrected chi connectivity index (χ2v) is 7.95. The van der Waals surface area contributed by atoms with Gasteiger partial charge in [0.05, 0.1) is 25.3 Å². The van der Waals surface area contributed by atoms with Crippen molar-refractivity contribution in [3.8, 4) is 0 Å². The highest BCUT2D eigenvalue weighted by molar-refractivity contribution is 6.28. The highest BCUT2D eigenvalue weighted by Gasteiger charge is 2.33. The number of hydrogen-bond acceptors (Lipinski definition) is 7. The molecule has 0 fully saturated rings. The van der Waals surface area contributed by atoms with Crippen LogP contribution in [0.5, 0.6) is 0 Å². The third kappa shape index (κ3) is 5.27. The van der Waals surface area contributed by atoms with Gasteiger partial charge in [0.25, 0.3) is 5.56 Å². The van der Waals surface area contributed by atoms with Crippen molar-refractivity contribution < 1.29 is 17.9 Å². The van der Waals surface area contributed by atoms with Crippen LogP contribution in [0.25, 0.3) is 11.2 Å². The number of H-pyrrole nitrogens is 1. The summed E-state index contributed by atoms with van der Waals surface area (Å²) in [4.78, 5) is 33.6. The molecule has 186 valence electrons. The highest BCUT2D eigenvalue weighted by Crippen LogP contribution is 2.32. The molecule has 3 aromatic heterocycles. The molecular weight excluding hydrogens is 493 g/mol. The standard InChI is InChI=1S/C20H20ClF3N8O3/c1-35-10-9-30-16-15(25-18(21)26-16)17(33)31(19(30)34)7-4-8-32-28-14(27-29-32)11-12-5-2-3-6-13(12)20(22,23)24/h2-3,5-6H,4,7-11H2,1H3,(H,25,26). The summed E-state index contributed by atoms with van der Waals surface area (Å²) in [7, 11) is 1.48. The number of nitrogens with one attached hydrogen (secondary N) is 1. The van der Waals surface area contributed by atoms with Crippen molar-refractivity contribution in [2.45, 2.75) is 38.7 Å². The lowest BCUT2D eigenvalue weighted by molar-refractivity contribution is -0.138. The van der Waals surface area contributed by atoms with Crippen LogP contribution in [0.1, 0.15) is 23.4 Å². The Hall–Kier alpha value is -3.52. The Labute approximate surface area is 200 Å². The topological polar surface area (TPSA) is 126 Å². The van der Waals surface area contributed by atoms with Crippen molar-refractivity contribution in [3.05, 3.63) is 67.3 Å². The SMILES string of the molecule is COCCn1c(=O)n(CCCn2nnc(Cc3ccccc3C(F)(F)F)n2)c(=O)c2[nH]c(Cl)nc21. The summed E-state index contributed by atoms with van der Waals surface area (Å²) < 4.78 is 47.0. The number of alkyl halides is 3. The molecule has 0 saturated heterocycles. The van der Waals surface area contributed by atoms with E-state index in [4.69, 9.17) is 16.3 Å². The first-order valence-corrected chi connectivity index (χ1v) is 10.9. The molecule has 3 heterocycles. The van der Waals surface area contributed by atoms with Gasteiger partial charge in [-0.05, 0) is 34.9 Å². The van der Waals surface area contributed by atoms with Crippen molar-refractivity contribution in [2.24, 2.45) is 0 Å². The van der Waals surface area contributed by atoms with Crippen LogP contribution < -0.4 is 11.2 Å². The molecule has 1 N–H and O–H groups in total. The predicted octanol–water partition coefficient (Wildman–Crippen LogP) is 1.87. The van der Waals surface area contributed by atoms with Crippen LogP contribution >= 0.6 is 11.6 Å². The van der Waals surface area contributed by atoms with E-state index in [1.807, 2.05) is 0 Å². The van der Waals surface area contributed by atoms with E-state index < -0.39 is 23.0 Å². The minimum Gasteiger partial charge on any atom is -0.383 e. The number of aromatic nitrogens is 8.